The summed E-state index contributed by atoms with van der Waals surface area (Å²) in [5.74, 6) is -2.35. The maximum Gasteiger partial charge on any atom is 0.326 e. The zero-order chi connectivity index (χ0) is 12.6. The van der Waals surface area contributed by atoms with E-state index in [4.69, 9.17) is 5.11 Å². The second kappa shape index (κ2) is 7.44. The van der Waals surface area contributed by atoms with Gasteiger partial charge in [-0.25, -0.2) is 4.79 Å². The Kier molecular flexibility index (Phi) is 6.58. The van der Waals surface area contributed by atoms with E-state index in [1.54, 1.807) is 6.08 Å². The van der Waals surface area contributed by atoms with E-state index in [0.29, 0.717) is 6.42 Å². The van der Waals surface area contributed by atoms with Gasteiger partial charge in [0.2, 0.25) is 0 Å². The lowest BCUT2D eigenvalue weighted by Crippen LogP contribution is -2.42. The first-order chi connectivity index (χ1) is 7.47. The lowest BCUT2D eigenvalue weighted by Gasteiger charge is -2.13. The van der Waals surface area contributed by atoms with Gasteiger partial charge in [-0.15, -0.1) is 6.58 Å². The standard InChI is InChI=1S/C10H15NO5/c1-3-4-5-8(10(14)15)11-9(13)6-16-7(2)12/h3,8H,1,4-6H2,2H3,(H,11,13)(H,14,15)/t8-/m1/s1. The van der Waals surface area contributed by atoms with Crippen LogP contribution in [0.2, 0.25) is 0 Å². The average molecular weight is 229 g/mol. The quantitative estimate of drug-likeness (QED) is 0.476. The number of allylic oxidation sites excluding steroid dienone is 1. The van der Waals surface area contributed by atoms with Gasteiger partial charge in [0, 0.05) is 6.92 Å². The highest BCUT2D eigenvalue weighted by atomic mass is 16.5. The molecular formula is C10H15NO5. The Morgan fingerprint density at radius 3 is 2.56 bits per heavy atom. The number of hydrogen-bond acceptors (Lipinski definition) is 4. The summed E-state index contributed by atoms with van der Waals surface area (Å²) in [6, 6.07) is -0.985. The molecule has 2 N–H and O–H groups in total. The van der Waals surface area contributed by atoms with Gasteiger partial charge in [0.1, 0.15) is 6.04 Å². The predicted octanol–water partition coefficient (Wildman–Crippen LogP) is 0.0851. The minimum absolute atomic E-state index is 0.255. The Balaban J connectivity index is 4.07. The molecule has 0 aromatic carbocycles. The van der Waals surface area contributed by atoms with E-state index < -0.39 is 30.5 Å². The Hall–Kier alpha value is -1.85. The summed E-state index contributed by atoms with van der Waals surface area (Å²) >= 11 is 0. The number of carboxylic acid groups (broad SMARTS) is 1. The van der Waals surface area contributed by atoms with Crippen LogP contribution < -0.4 is 5.32 Å². The molecule has 0 radical (unpaired) electrons. The highest BCUT2D eigenvalue weighted by molar-refractivity contribution is 5.85. The summed E-state index contributed by atoms with van der Waals surface area (Å²) in [5, 5.41) is 11.0. The number of rotatable bonds is 7. The van der Waals surface area contributed by atoms with Crippen molar-refractivity contribution < 1.29 is 24.2 Å². The van der Waals surface area contributed by atoms with Crippen LogP contribution in [0.3, 0.4) is 0 Å². The third kappa shape index (κ3) is 6.58. The van der Waals surface area contributed by atoms with Crippen LogP contribution in [-0.2, 0) is 19.1 Å². The van der Waals surface area contributed by atoms with Crippen molar-refractivity contribution in [2.45, 2.75) is 25.8 Å². The van der Waals surface area contributed by atoms with Crippen molar-refractivity contribution in [3.05, 3.63) is 12.7 Å². The second-order valence-corrected chi connectivity index (χ2v) is 3.10. The lowest BCUT2D eigenvalue weighted by molar-refractivity contribution is -0.148. The zero-order valence-corrected chi connectivity index (χ0v) is 9.06. The number of amides is 1. The lowest BCUT2D eigenvalue weighted by atomic mass is 10.1. The highest BCUT2D eigenvalue weighted by Crippen LogP contribution is 1.98. The van der Waals surface area contributed by atoms with Gasteiger partial charge in [-0.1, -0.05) is 6.08 Å². The molecule has 0 fully saturated rings. The number of carbonyl (C=O) groups excluding carboxylic acids is 2. The predicted molar refractivity (Wildman–Crippen MR) is 55.6 cm³/mol. The van der Waals surface area contributed by atoms with Crippen LogP contribution >= 0.6 is 0 Å². The van der Waals surface area contributed by atoms with Gasteiger partial charge in [0.05, 0.1) is 0 Å². The molecule has 0 spiro atoms. The summed E-state index contributed by atoms with van der Waals surface area (Å²) in [6.07, 6.45) is 2.30. The number of carbonyl (C=O) groups is 3. The Morgan fingerprint density at radius 1 is 1.50 bits per heavy atom. The van der Waals surface area contributed by atoms with E-state index in [1.807, 2.05) is 0 Å². The first kappa shape index (κ1) is 14.2. The van der Waals surface area contributed by atoms with Gasteiger partial charge in [-0.05, 0) is 12.8 Å². The van der Waals surface area contributed by atoms with E-state index >= 15 is 0 Å². The molecular weight excluding hydrogens is 214 g/mol. The van der Waals surface area contributed by atoms with Gasteiger partial charge in [0.25, 0.3) is 5.91 Å². The molecule has 0 bridgehead atoms. The normalized spacial score (nSPS) is 11.3. The number of nitrogens with one attached hydrogen (secondary N) is 1. The number of carboxylic acids is 1. The van der Waals surface area contributed by atoms with Crippen molar-refractivity contribution in [1.29, 1.82) is 0 Å². The summed E-state index contributed by atoms with van der Waals surface area (Å²) in [7, 11) is 0. The van der Waals surface area contributed by atoms with Crippen LogP contribution in [0.4, 0.5) is 0 Å². The van der Waals surface area contributed by atoms with Crippen LogP contribution in [0.5, 0.6) is 0 Å². The summed E-state index contributed by atoms with van der Waals surface area (Å²) in [6.45, 7) is 4.16. The van der Waals surface area contributed by atoms with Crippen molar-refractivity contribution in [3.63, 3.8) is 0 Å². The van der Waals surface area contributed by atoms with Gasteiger partial charge in [-0.3, -0.25) is 9.59 Å². The minimum Gasteiger partial charge on any atom is -0.480 e. The van der Waals surface area contributed by atoms with Crippen LogP contribution in [0.25, 0.3) is 0 Å². The first-order valence-corrected chi connectivity index (χ1v) is 4.73. The fourth-order valence-corrected chi connectivity index (χ4v) is 0.945. The molecule has 0 rings (SSSR count). The van der Waals surface area contributed by atoms with Crippen molar-refractivity contribution in [2.75, 3.05) is 6.61 Å². The zero-order valence-electron chi connectivity index (χ0n) is 9.06. The molecule has 0 unspecified atom stereocenters. The largest absolute Gasteiger partial charge is 0.480 e. The average Bonchev–Trinajstić information content (AvgIpc) is 2.20. The number of hydrogen-bond donors (Lipinski definition) is 2. The van der Waals surface area contributed by atoms with Crippen LogP contribution in [-0.4, -0.2) is 35.6 Å². The molecule has 0 saturated carbocycles. The fraction of sp³-hybridized carbons (Fsp3) is 0.500. The Bertz CT molecular complexity index is 287. The highest BCUT2D eigenvalue weighted by Gasteiger charge is 2.19. The molecule has 0 saturated heterocycles. The SMILES string of the molecule is C=CCC[C@@H](NC(=O)COC(C)=O)C(=O)O. The van der Waals surface area contributed by atoms with Crippen LogP contribution in [0, 0.1) is 0 Å². The van der Waals surface area contributed by atoms with Crippen molar-refractivity contribution in [1.82, 2.24) is 5.32 Å². The summed E-state index contributed by atoms with van der Waals surface area (Å²) < 4.78 is 4.42. The fourth-order valence-electron chi connectivity index (χ4n) is 0.945. The molecule has 0 heterocycles. The maximum absolute atomic E-state index is 11.1. The molecule has 16 heavy (non-hydrogen) atoms. The molecule has 0 aliphatic rings. The third-order valence-corrected chi connectivity index (χ3v) is 1.70. The van der Waals surface area contributed by atoms with E-state index in [9.17, 15) is 14.4 Å². The Morgan fingerprint density at radius 2 is 2.12 bits per heavy atom. The molecule has 0 aliphatic carbocycles. The van der Waals surface area contributed by atoms with Crippen LogP contribution in [0.15, 0.2) is 12.7 Å². The molecule has 1 atom stereocenters. The number of ether oxygens (including phenoxy) is 1. The van der Waals surface area contributed by atoms with E-state index in [1.165, 1.54) is 6.92 Å². The maximum atomic E-state index is 11.1. The minimum atomic E-state index is -1.13. The number of esters is 1. The molecule has 6 heteroatoms. The molecule has 6 nitrogen and oxygen atoms in total. The van der Waals surface area contributed by atoms with Crippen LogP contribution in [0.1, 0.15) is 19.8 Å². The van der Waals surface area contributed by atoms with Gasteiger partial charge >= 0.3 is 11.9 Å². The van der Waals surface area contributed by atoms with E-state index in [-0.39, 0.29) is 6.42 Å². The van der Waals surface area contributed by atoms with Gasteiger partial charge in [-0.2, -0.15) is 0 Å². The first-order valence-electron chi connectivity index (χ1n) is 4.73. The molecule has 1 amide bonds. The third-order valence-electron chi connectivity index (χ3n) is 1.70. The molecule has 0 aromatic rings. The van der Waals surface area contributed by atoms with E-state index in [2.05, 4.69) is 16.6 Å². The van der Waals surface area contributed by atoms with Crippen molar-refractivity contribution in [2.24, 2.45) is 0 Å². The summed E-state index contributed by atoms with van der Waals surface area (Å²) in [5.41, 5.74) is 0. The number of aliphatic carboxylic acids is 1. The topological polar surface area (TPSA) is 92.7 Å². The second-order valence-electron chi connectivity index (χ2n) is 3.10. The Labute approximate surface area is 93.3 Å². The molecule has 0 aliphatic heterocycles. The summed E-state index contributed by atoms with van der Waals surface area (Å²) in [4.78, 5) is 32.3. The van der Waals surface area contributed by atoms with E-state index in [0.717, 1.165) is 0 Å². The van der Waals surface area contributed by atoms with Crippen molar-refractivity contribution >= 4 is 17.8 Å². The smallest absolute Gasteiger partial charge is 0.326 e. The van der Waals surface area contributed by atoms with Gasteiger partial charge in [0.15, 0.2) is 6.61 Å². The van der Waals surface area contributed by atoms with Gasteiger partial charge < -0.3 is 15.2 Å². The molecule has 90 valence electrons. The molecule has 0 aromatic heterocycles. The monoisotopic (exact) mass is 229 g/mol. The van der Waals surface area contributed by atoms with Crippen molar-refractivity contribution in [3.8, 4) is 0 Å².